The molecule has 27 heavy (non-hydrogen) atoms. The quantitative estimate of drug-likeness (QED) is 0.794. The Morgan fingerprint density at radius 1 is 1.15 bits per heavy atom. The topological polar surface area (TPSA) is 59.0 Å². The monoisotopic (exact) mass is 389 g/mol. The van der Waals surface area contributed by atoms with Crippen molar-refractivity contribution < 1.29 is 19.4 Å². The molecule has 1 N–H and O–H groups in total. The van der Waals surface area contributed by atoms with Crippen LogP contribution in [0.25, 0.3) is 0 Å². The van der Waals surface area contributed by atoms with E-state index in [2.05, 4.69) is 0 Å². The van der Waals surface area contributed by atoms with Crippen molar-refractivity contribution in [3.63, 3.8) is 0 Å². The molecule has 1 saturated heterocycles. The first kappa shape index (κ1) is 19.5. The number of carbonyl (C=O) groups is 1. The summed E-state index contributed by atoms with van der Waals surface area (Å²) in [5.74, 6) is 0.447. The Morgan fingerprint density at radius 3 is 2.52 bits per heavy atom. The highest BCUT2D eigenvalue weighted by atomic mass is 35.5. The maximum atomic E-state index is 11.9. The number of ether oxygens (including phenoxy) is 2. The van der Waals surface area contributed by atoms with Crippen molar-refractivity contribution in [2.45, 2.75) is 31.3 Å². The maximum absolute atomic E-state index is 11.9. The van der Waals surface area contributed by atoms with Gasteiger partial charge < -0.3 is 14.6 Å². The highest BCUT2D eigenvalue weighted by Gasteiger charge is 2.36. The molecule has 0 aromatic heterocycles. The van der Waals surface area contributed by atoms with Crippen LogP contribution in [0.2, 0.25) is 5.02 Å². The molecule has 2 atom stereocenters. The minimum Gasteiger partial charge on any atom is -0.493 e. The Balaban J connectivity index is 2.16. The fourth-order valence-corrected chi connectivity index (χ4v) is 3.98. The van der Waals surface area contributed by atoms with Crippen LogP contribution >= 0.6 is 11.6 Å². The second-order valence-electron chi connectivity index (χ2n) is 6.62. The van der Waals surface area contributed by atoms with E-state index in [-0.39, 0.29) is 6.04 Å². The zero-order valence-electron chi connectivity index (χ0n) is 15.5. The van der Waals surface area contributed by atoms with E-state index in [4.69, 9.17) is 21.1 Å². The van der Waals surface area contributed by atoms with Gasteiger partial charge in [-0.3, -0.25) is 9.69 Å². The summed E-state index contributed by atoms with van der Waals surface area (Å²) in [5, 5.41) is 10.4. The third-order valence-electron chi connectivity index (χ3n) is 5.07. The van der Waals surface area contributed by atoms with Crippen LogP contribution in [0.3, 0.4) is 0 Å². The first-order valence-electron chi connectivity index (χ1n) is 9.01. The number of hydrogen-bond acceptors (Lipinski definition) is 4. The number of piperidine rings is 1. The Kier molecular flexibility index (Phi) is 6.24. The van der Waals surface area contributed by atoms with Crippen LogP contribution in [-0.4, -0.2) is 42.8 Å². The fourth-order valence-electron chi connectivity index (χ4n) is 3.85. The lowest BCUT2D eigenvalue weighted by atomic mass is 9.91. The number of hydrogen-bond donors (Lipinski definition) is 1. The van der Waals surface area contributed by atoms with Crippen molar-refractivity contribution in [1.29, 1.82) is 0 Å². The Labute approximate surface area is 164 Å². The molecule has 0 bridgehead atoms. The third kappa shape index (κ3) is 4.04. The first-order valence-corrected chi connectivity index (χ1v) is 9.39. The maximum Gasteiger partial charge on any atom is 0.320 e. The molecule has 1 heterocycles. The van der Waals surface area contributed by atoms with Crippen molar-refractivity contribution in [1.82, 2.24) is 4.90 Å². The number of carboxylic acids is 1. The van der Waals surface area contributed by atoms with E-state index in [9.17, 15) is 9.90 Å². The Bertz CT molecular complexity index is 793. The highest BCUT2D eigenvalue weighted by Crippen LogP contribution is 2.42. The van der Waals surface area contributed by atoms with Gasteiger partial charge >= 0.3 is 5.97 Å². The van der Waals surface area contributed by atoms with Gasteiger partial charge in [-0.25, -0.2) is 0 Å². The summed E-state index contributed by atoms with van der Waals surface area (Å²) in [5.41, 5.74) is 1.85. The molecule has 6 heteroatoms. The van der Waals surface area contributed by atoms with E-state index in [0.29, 0.717) is 29.5 Å². The van der Waals surface area contributed by atoms with Crippen LogP contribution < -0.4 is 9.47 Å². The van der Waals surface area contributed by atoms with Crippen molar-refractivity contribution in [2.24, 2.45) is 0 Å². The lowest BCUT2D eigenvalue weighted by Crippen LogP contribution is -2.46. The number of carboxylic acid groups (broad SMARTS) is 1. The van der Waals surface area contributed by atoms with Crippen LogP contribution in [-0.2, 0) is 4.79 Å². The fraction of sp³-hybridized carbons (Fsp3) is 0.381. The van der Waals surface area contributed by atoms with Gasteiger partial charge in [0.2, 0.25) is 0 Å². The average molecular weight is 390 g/mol. The summed E-state index contributed by atoms with van der Waals surface area (Å²) in [4.78, 5) is 14.0. The number of nitrogens with zero attached hydrogens (tertiary/aromatic N) is 1. The van der Waals surface area contributed by atoms with Crippen LogP contribution in [0.5, 0.6) is 11.5 Å². The number of methoxy groups -OCH3 is 2. The van der Waals surface area contributed by atoms with Gasteiger partial charge in [-0.1, -0.05) is 42.3 Å². The average Bonchev–Trinajstić information content (AvgIpc) is 2.69. The number of aliphatic carboxylic acids is 1. The Hall–Kier alpha value is -2.24. The molecule has 3 rings (SSSR count). The van der Waals surface area contributed by atoms with Gasteiger partial charge in [0.25, 0.3) is 0 Å². The predicted octanol–water partition coefficient (Wildman–Crippen LogP) is 4.39. The van der Waals surface area contributed by atoms with Crippen molar-refractivity contribution in [3.05, 3.63) is 58.6 Å². The number of halogens is 1. The molecular weight excluding hydrogens is 366 g/mol. The molecule has 2 aromatic carbocycles. The van der Waals surface area contributed by atoms with E-state index in [1.165, 1.54) is 0 Å². The molecule has 0 saturated carbocycles. The minimum absolute atomic E-state index is 0.270. The molecule has 144 valence electrons. The summed E-state index contributed by atoms with van der Waals surface area (Å²) < 4.78 is 11.1. The molecule has 2 aromatic rings. The van der Waals surface area contributed by atoms with Gasteiger partial charge in [-0.15, -0.1) is 0 Å². The van der Waals surface area contributed by atoms with Crippen LogP contribution in [0.4, 0.5) is 0 Å². The van der Waals surface area contributed by atoms with Crippen molar-refractivity contribution in [2.75, 3.05) is 20.8 Å². The summed E-state index contributed by atoms with van der Waals surface area (Å²) in [6.45, 7) is 0.699. The number of likely N-dealkylation sites (tertiary alicyclic amines) is 1. The van der Waals surface area contributed by atoms with Crippen molar-refractivity contribution >= 4 is 17.6 Å². The van der Waals surface area contributed by atoms with Crippen LogP contribution in [0.1, 0.15) is 36.4 Å². The summed E-state index contributed by atoms with van der Waals surface area (Å²) in [7, 11) is 3.20. The van der Waals surface area contributed by atoms with Gasteiger partial charge in [0.05, 0.1) is 20.3 Å². The number of rotatable bonds is 6. The van der Waals surface area contributed by atoms with Gasteiger partial charge in [0.15, 0.2) is 11.5 Å². The normalized spacial score (nSPS) is 18.7. The molecule has 1 fully saturated rings. The van der Waals surface area contributed by atoms with Crippen molar-refractivity contribution in [3.8, 4) is 11.5 Å². The molecule has 0 aliphatic carbocycles. The molecule has 5 nitrogen and oxygen atoms in total. The van der Waals surface area contributed by atoms with Gasteiger partial charge in [0, 0.05) is 10.6 Å². The van der Waals surface area contributed by atoms with Crippen LogP contribution in [0, 0.1) is 0 Å². The largest absolute Gasteiger partial charge is 0.493 e. The van der Waals surface area contributed by atoms with E-state index in [1.54, 1.807) is 14.2 Å². The zero-order valence-corrected chi connectivity index (χ0v) is 16.3. The lowest BCUT2D eigenvalue weighted by Gasteiger charge is -2.40. The first-order chi connectivity index (χ1) is 13.1. The molecule has 0 amide bonds. The summed E-state index contributed by atoms with van der Waals surface area (Å²) >= 11 is 6.08. The van der Waals surface area contributed by atoms with E-state index >= 15 is 0 Å². The predicted molar refractivity (Wildman–Crippen MR) is 105 cm³/mol. The summed E-state index contributed by atoms with van der Waals surface area (Å²) in [6.07, 6.45) is 2.50. The van der Waals surface area contributed by atoms with Gasteiger partial charge in [-0.05, 0) is 43.1 Å². The smallest absolute Gasteiger partial charge is 0.320 e. The molecule has 1 aliphatic heterocycles. The minimum atomic E-state index is -0.796. The second-order valence-corrected chi connectivity index (χ2v) is 7.06. The third-order valence-corrected chi connectivity index (χ3v) is 5.33. The summed E-state index contributed by atoms with van der Waals surface area (Å²) in [6, 6.07) is 12.4. The highest BCUT2D eigenvalue weighted by molar-refractivity contribution is 6.30. The molecule has 2 unspecified atom stereocenters. The lowest BCUT2D eigenvalue weighted by molar-refractivity contribution is -0.145. The van der Waals surface area contributed by atoms with E-state index < -0.39 is 12.0 Å². The van der Waals surface area contributed by atoms with Gasteiger partial charge in [-0.2, -0.15) is 0 Å². The number of benzene rings is 2. The van der Waals surface area contributed by atoms with Gasteiger partial charge in [0.1, 0.15) is 6.04 Å². The van der Waals surface area contributed by atoms with E-state index in [1.807, 2.05) is 47.4 Å². The van der Waals surface area contributed by atoms with E-state index in [0.717, 1.165) is 24.0 Å². The molecular formula is C21H24ClNO4. The van der Waals surface area contributed by atoms with Crippen LogP contribution in [0.15, 0.2) is 42.5 Å². The second kappa shape index (κ2) is 8.63. The Morgan fingerprint density at radius 2 is 1.89 bits per heavy atom. The zero-order chi connectivity index (χ0) is 19.4. The molecule has 0 radical (unpaired) electrons. The molecule has 1 aliphatic rings. The SMILES string of the molecule is COc1cccc(C(c2ccc(Cl)cc2)N2CCCCC2C(=O)O)c1OC. The molecule has 0 spiro atoms. The standard InChI is InChI=1S/C21H24ClNO4/c1-26-18-8-5-6-16(20(18)27-2)19(14-9-11-15(22)12-10-14)23-13-4-3-7-17(23)21(24)25/h5-6,8-12,17,19H,3-4,7,13H2,1-2H3,(H,24,25). The number of para-hydroxylation sites is 1.